The minimum atomic E-state index is -0.604. The summed E-state index contributed by atoms with van der Waals surface area (Å²) in [4.78, 5) is 23.8. The van der Waals surface area contributed by atoms with Crippen molar-refractivity contribution in [3.8, 4) is 17.2 Å². The van der Waals surface area contributed by atoms with Gasteiger partial charge in [-0.15, -0.1) is 0 Å². The molecule has 0 bridgehead atoms. The summed E-state index contributed by atoms with van der Waals surface area (Å²) in [7, 11) is 1.47. The number of hydrogen-bond acceptors (Lipinski definition) is 6. The van der Waals surface area contributed by atoms with Gasteiger partial charge in [0.25, 0.3) is 5.91 Å². The van der Waals surface area contributed by atoms with Gasteiger partial charge >= 0.3 is 5.97 Å². The normalized spacial score (nSPS) is 13.4. The third kappa shape index (κ3) is 4.77. The highest BCUT2D eigenvalue weighted by Crippen LogP contribution is 2.34. The highest BCUT2D eigenvalue weighted by molar-refractivity contribution is 6.31. The summed E-state index contributed by atoms with van der Waals surface area (Å²) in [6.07, 6.45) is 3.11. The van der Waals surface area contributed by atoms with E-state index in [9.17, 15) is 14.7 Å². The Morgan fingerprint density at radius 1 is 1.22 bits per heavy atom. The molecular formula is C19H17ClN2O5. The van der Waals surface area contributed by atoms with E-state index in [1.165, 1.54) is 31.5 Å². The van der Waals surface area contributed by atoms with Gasteiger partial charge in [0.15, 0.2) is 11.5 Å². The fraction of sp³-hybridized carbons (Fsp3) is 0.211. The number of hydrazone groups is 1. The van der Waals surface area contributed by atoms with Crippen LogP contribution in [-0.2, 0) is 4.79 Å². The first-order valence-corrected chi connectivity index (χ1v) is 8.57. The molecule has 0 aliphatic heterocycles. The zero-order chi connectivity index (χ0) is 19.4. The number of esters is 1. The van der Waals surface area contributed by atoms with Gasteiger partial charge in [-0.25, -0.2) is 5.43 Å². The number of carbonyl (C=O) groups is 2. The molecule has 1 saturated carbocycles. The molecular weight excluding hydrogens is 372 g/mol. The number of carbonyl (C=O) groups excluding carboxylic acids is 2. The maximum absolute atomic E-state index is 12.1. The molecule has 0 saturated heterocycles. The number of nitrogens with zero attached hydrogens (tertiary/aromatic N) is 1. The lowest BCUT2D eigenvalue weighted by atomic mass is 10.2. The molecule has 27 heavy (non-hydrogen) atoms. The van der Waals surface area contributed by atoms with Crippen LogP contribution in [0.15, 0.2) is 41.5 Å². The number of ether oxygens (including phenoxy) is 2. The van der Waals surface area contributed by atoms with Crippen molar-refractivity contribution in [3.63, 3.8) is 0 Å². The van der Waals surface area contributed by atoms with Gasteiger partial charge in [-0.1, -0.05) is 11.6 Å². The second-order valence-electron chi connectivity index (χ2n) is 5.97. The van der Waals surface area contributed by atoms with Crippen LogP contribution in [0.1, 0.15) is 28.8 Å². The molecule has 0 aromatic heterocycles. The molecule has 1 amide bonds. The molecule has 3 rings (SSSR count). The van der Waals surface area contributed by atoms with Gasteiger partial charge in [0.1, 0.15) is 5.75 Å². The zero-order valence-corrected chi connectivity index (χ0v) is 15.2. The van der Waals surface area contributed by atoms with Gasteiger partial charge in [-0.2, -0.15) is 5.10 Å². The number of halogens is 1. The number of amides is 1. The SMILES string of the molecule is COc1cc(/C=N\NC(=O)c2cc(Cl)ccc2O)ccc1OC(=O)C1CC1. The van der Waals surface area contributed by atoms with Crippen LogP contribution >= 0.6 is 11.6 Å². The van der Waals surface area contributed by atoms with Crippen molar-refractivity contribution < 1.29 is 24.2 Å². The van der Waals surface area contributed by atoms with E-state index in [4.69, 9.17) is 21.1 Å². The lowest BCUT2D eigenvalue weighted by molar-refractivity contribution is -0.135. The third-order valence-corrected chi connectivity index (χ3v) is 4.13. The Balaban J connectivity index is 1.66. The van der Waals surface area contributed by atoms with Gasteiger partial charge in [0.05, 0.1) is 24.8 Å². The van der Waals surface area contributed by atoms with Crippen molar-refractivity contribution in [2.24, 2.45) is 11.0 Å². The van der Waals surface area contributed by atoms with Crippen LogP contribution in [0.3, 0.4) is 0 Å². The first-order chi connectivity index (χ1) is 13.0. The quantitative estimate of drug-likeness (QED) is 0.343. The van der Waals surface area contributed by atoms with E-state index in [0.717, 1.165) is 12.8 Å². The van der Waals surface area contributed by atoms with Crippen LogP contribution in [0.2, 0.25) is 5.02 Å². The molecule has 1 aliphatic carbocycles. The molecule has 1 aliphatic rings. The predicted molar refractivity (Wildman–Crippen MR) is 99.5 cm³/mol. The highest BCUT2D eigenvalue weighted by Gasteiger charge is 2.32. The lowest BCUT2D eigenvalue weighted by Crippen LogP contribution is -2.17. The van der Waals surface area contributed by atoms with E-state index >= 15 is 0 Å². The third-order valence-electron chi connectivity index (χ3n) is 3.89. The van der Waals surface area contributed by atoms with Crippen LogP contribution in [0.4, 0.5) is 0 Å². The van der Waals surface area contributed by atoms with Crippen molar-refractivity contribution in [2.45, 2.75) is 12.8 Å². The predicted octanol–water partition coefficient (Wildman–Crippen LogP) is 3.13. The highest BCUT2D eigenvalue weighted by atomic mass is 35.5. The molecule has 8 heteroatoms. The van der Waals surface area contributed by atoms with Gasteiger partial charge in [-0.05, 0) is 54.8 Å². The summed E-state index contributed by atoms with van der Waals surface area (Å²) in [6, 6.07) is 9.04. The van der Waals surface area contributed by atoms with E-state index in [2.05, 4.69) is 10.5 Å². The van der Waals surface area contributed by atoms with Crippen molar-refractivity contribution >= 4 is 29.7 Å². The summed E-state index contributed by atoms with van der Waals surface area (Å²) < 4.78 is 10.6. The molecule has 0 spiro atoms. The molecule has 140 valence electrons. The van der Waals surface area contributed by atoms with Crippen LogP contribution in [0, 0.1) is 5.92 Å². The van der Waals surface area contributed by atoms with Gasteiger partial charge < -0.3 is 14.6 Å². The van der Waals surface area contributed by atoms with Crippen LogP contribution in [0.25, 0.3) is 0 Å². The number of hydrogen-bond donors (Lipinski definition) is 2. The summed E-state index contributed by atoms with van der Waals surface area (Å²) >= 11 is 5.82. The molecule has 7 nitrogen and oxygen atoms in total. The summed E-state index contributed by atoms with van der Waals surface area (Å²) in [5.74, 6) is -0.368. The number of phenols is 1. The monoisotopic (exact) mass is 388 g/mol. The molecule has 0 unspecified atom stereocenters. The minimum Gasteiger partial charge on any atom is -0.507 e. The zero-order valence-electron chi connectivity index (χ0n) is 14.4. The second-order valence-corrected chi connectivity index (χ2v) is 6.40. The number of phenolic OH excluding ortho intramolecular Hbond substituents is 1. The summed E-state index contributed by atoms with van der Waals surface area (Å²) in [6.45, 7) is 0. The van der Waals surface area contributed by atoms with Crippen molar-refractivity contribution in [1.29, 1.82) is 0 Å². The number of methoxy groups -OCH3 is 1. The Kier molecular flexibility index (Phi) is 5.61. The van der Waals surface area contributed by atoms with Crippen molar-refractivity contribution in [3.05, 3.63) is 52.5 Å². The van der Waals surface area contributed by atoms with Crippen molar-refractivity contribution in [1.82, 2.24) is 5.43 Å². The Morgan fingerprint density at radius 2 is 2.00 bits per heavy atom. The summed E-state index contributed by atoms with van der Waals surface area (Å²) in [5, 5.41) is 13.9. The molecule has 0 radical (unpaired) electrons. The second kappa shape index (κ2) is 8.09. The van der Waals surface area contributed by atoms with E-state index in [1.807, 2.05) is 0 Å². The maximum atomic E-state index is 12.1. The Bertz CT molecular complexity index is 909. The Labute approximate surface area is 160 Å². The maximum Gasteiger partial charge on any atom is 0.314 e. The first kappa shape index (κ1) is 18.7. The number of aromatic hydroxyl groups is 1. The lowest BCUT2D eigenvalue weighted by Gasteiger charge is -2.09. The van der Waals surface area contributed by atoms with E-state index in [0.29, 0.717) is 22.1 Å². The molecule has 2 aromatic rings. The Morgan fingerprint density at radius 3 is 2.70 bits per heavy atom. The standard InChI is InChI=1S/C19H17ClN2O5/c1-26-17-8-11(2-7-16(17)27-19(25)12-3-4-12)10-21-22-18(24)14-9-13(20)5-6-15(14)23/h2,5-10,12,23H,3-4H2,1H3,(H,22,24)/b21-10-. The van der Waals surface area contributed by atoms with Crippen LogP contribution < -0.4 is 14.9 Å². The molecule has 2 N–H and O–H groups in total. The molecule has 2 aromatic carbocycles. The van der Waals surface area contributed by atoms with Crippen LogP contribution in [0.5, 0.6) is 17.2 Å². The topological polar surface area (TPSA) is 97.2 Å². The Hall–Kier alpha value is -3.06. The van der Waals surface area contributed by atoms with Gasteiger partial charge in [0, 0.05) is 5.02 Å². The number of benzene rings is 2. The van der Waals surface area contributed by atoms with Crippen LogP contribution in [-0.4, -0.2) is 30.3 Å². The van der Waals surface area contributed by atoms with Crippen molar-refractivity contribution in [2.75, 3.05) is 7.11 Å². The smallest absolute Gasteiger partial charge is 0.314 e. The largest absolute Gasteiger partial charge is 0.507 e. The number of rotatable bonds is 6. The summed E-state index contributed by atoms with van der Waals surface area (Å²) in [5.41, 5.74) is 2.94. The number of nitrogens with one attached hydrogen (secondary N) is 1. The van der Waals surface area contributed by atoms with Gasteiger partial charge in [0.2, 0.25) is 0 Å². The molecule has 0 heterocycles. The van der Waals surface area contributed by atoms with E-state index < -0.39 is 5.91 Å². The molecule has 0 atom stereocenters. The van der Waals surface area contributed by atoms with E-state index in [1.54, 1.807) is 18.2 Å². The average Bonchev–Trinajstić information content (AvgIpc) is 3.50. The first-order valence-electron chi connectivity index (χ1n) is 8.19. The fourth-order valence-corrected chi connectivity index (χ4v) is 2.45. The fourth-order valence-electron chi connectivity index (χ4n) is 2.28. The minimum absolute atomic E-state index is 0.0135. The molecule has 1 fully saturated rings. The van der Waals surface area contributed by atoms with E-state index in [-0.39, 0.29) is 23.2 Å². The average molecular weight is 389 g/mol. The van der Waals surface area contributed by atoms with Gasteiger partial charge in [-0.3, -0.25) is 9.59 Å².